The third-order valence-corrected chi connectivity index (χ3v) is 9.00. The number of hydrogen-bond acceptors (Lipinski definition) is 1. The lowest BCUT2D eigenvalue weighted by atomic mass is 9.81. The zero-order valence-electron chi connectivity index (χ0n) is 25.8. The van der Waals surface area contributed by atoms with Crippen molar-refractivity contribution in [3.63, 3.8) is 0 Å². The molecule has 0 N–H and O–H groups in total. The van der Waals surface area contributed by atoms with Crippen molar-refractivity contribution < 1.29 is 9.30 Å². The first-order valence-electron chi connectivity index (χ1n) is 14.8. The Kier molecular flexibility index (Phi) is 6.29. The average Bonchev–Trinajstić information content (AvgIpc) is 2.91. The molecule has 4 aromatic carbocycles. The van der Waals surface area contributed by atoms with Gasteiger partial charge in [0, 0.05) is 11.6 Å². The summed E-state index contributed by atoms with van der Waals surface area (Å²) in [5.41, 5.74) is 13.1. The second-order valence-corrected chi connectivity index (χ2v) is 12.9. The molecule has 2 heteroatoms. The van der Waals surface area contributed by atoms with Gasteiger partial charge in [0.2, 0.25) is 5.69 Å². The fourth-order valence-electron chi connectivity index (χ4n) is 6.71. The lowest BCUT2D eigenvalue weighted by Crippen LogP contribution is -2.32. The van der Waals surface area contributed by atoms with Crippen LogP contribution in [0.25, 0.3) is 43.9 Å². The molecule has 1 aromatic heterocycles. The Morgan fingerprint density at radius 3 is 1.98 bits per heavy atom. The summed E-state index contributed by atoms with van der Waals surface area (Å²) in [5.74, 6) is 3.28. The van der Waals surface area contributed by atoms with Crippen molar-refractivity contribution in [2.45, 2.75) is 80.1 Å². The Balaban J connectivity index is 1.70. The molecular formula is C38H42NO+. The van der Waals surface area contributed by atoms with Crippen molar-refractivity contribution in [1.82, 2.24) is 0 Å². The summed E-state index contributed by atoms with van der Waals surface area (Å²) in [7, 11) is 2.16. The van der Waals surface area contributed by atoms with Crippen LogP contribution in [0.5, 0.6) is 11.5 Å². The molecule has 0 radical (unpaired) electrons. The highest BCUT2D eigenvalue weighted by Crippen LogP contribution is 2.52. The van der Waals surface area contributed by atoms with Gasteiger partial charge in [-0.3, -0.25) is 0 Å². The van der Waals surface area contributed by atoms with Crippen molar-refractivity contribution in [2.75, 3.05) is 0 Å². The zero-order chi connectivity index (χ0) is 28.6. The van der Waals surface area contributed by atoms with Gasteiger partial charge in [0.15, 0.2) is 6.20 Å². The molecule has 0 unspecified atom stereocenters. The lowest BCUT2D eigenvalue weighted by Gasteiger charge is -2.26. The molecule has 6 rings (SSSR count). The standard InChI is InChI=1S/C38H42NO/c1-20(2)27-17-30(21(3)4)35(31(18-27)22(5)6)28-16-26-13-14-39(10)37-34-24(8)29-12-11-23(7)15-32(29)25(9)38(34)40-33(19-28)36(26)37/h11-22H,1-10H3/q+1. The maximum Gasteiger partial charge on any atom is 0.228 e. The van der Waals surface area contributed by atoms with Crippen molar-refractivity contribution in [2.24, 2.45) is 7.05 Å². The van der Waals surface area contributed by atoms with E-state index in [1.165, 1.54) is 77.3 Å². The highest BCUT2D eigenvalue weighted by Gasteiger charge is 2.33. The minimum absolute atomic E-state index is 0.420. The Labute approximate surface area is 239 Å². The molecule has 0 amide bonds. The van der Waals surface area contributed by atoms with E-state index in [1.54, 1.807) is 0 Å². The van der Waals surface area contributed by atoms with Gasteiger partial charge in [0.1, 0.15) is 18.5 Å². The molecule has 0 bridgehead atoms. The molecule has 5 aromatic rings. The summed E-state index contributed by atoms with van der Waals surface area (Å²) < 4.78 is 9.25. The molecule has 0 saturated heterocycles. The molecule has 1 aliphatic heterocycles. The molecule has 204 valence electrons. The van der Waals surface area contributed by atoms with Crippen LogP contribution in [0.1, 0.15) is 92.7 Å². The van der Waals surface area contributed by atoms with Crippen LogP contribution < -0.4 is 9.30 Å². The average molecular weight is 529 g/mol. The van der Waals surface area contributed by atoms with E-state index < -0.39 is 0 Å². The summed E-state index contributed by atoms with van der Waals surface area (Å²) in [4.78, 5) is 0. The summed E-state index contributed by atoms with van der Waals surface area (Å²) >= 11 is 0. The number of ether oxygens (including phenoxy) is 1. The number of hydrogen-bond donors (Lipinski definition) is 0. The van der Waals surface area contributed by atoms with Crippen molar-refractivity contribution in [3.8, 4) is 33.9 Å². The van der Waals surface area contributed by atoms with Gasteiger partial charge in [-0.05, 0) is 100 Å². The van der Waals surface area contributed by atoms with E-state index in [9.17, 15) is 0 Å². The number of fused-ring (bicyclic) bond motifs is 3. The van der Waals surface area contributed by atoms with Crippen molar-refractivity contribution in [3.05, 3.63) is 88.1 Å². The van der Waals surface area contributed by atoms with Crippen LogP contribution in [0.15, 0.2) is 54.7 Å². The summed E-state index contributed by atoms with van der Waals surface area (Å²) in [6, 6.07) is 18.6. The van der Waals surface area contributed by atoms with E-state index in [0.29, 0.717) is 17.8 Å². The van der Waals surface area contributed by atoms with Crippen molar-refractivity contribution in [1.29, 1.82) is 0 Å². The predicted molar refractivity (Wildman–Crippen MR) is 170 cm³/mol. The monoisotopic (exact) mass is 528 g/mol. The van der Waals surface area contributed by atoms with Crippen LogP contribution in [0.4, 0.5) is 0 Å². The second kappa shape index (κ2) is 9.47. The smallest absolute Gasteiger partial charge is 0.228 e. The lowest BCUT2D eigenvalue weighted by molar-refractivity contribution is -0.659. The topological polar surface area (TPSA) is 13.1 Å². The molecule has 0 spiro atoms. The van der Waals surface area contributed by atoms with Crippen LogP contribution in [0, 0.1) is 20.8 Å². The Hall–Kier alpha value is -3.65. The fourth-order valence-corrected chi connectivity index (χ4v) is 6.71. The van der Waals surface area contributed by atoms with Crippen LogP contribution >= 0.6 is 0 Å². The largest absolute Gasteiger partial charge is 0.455 e. The van der Waals surface area contributed by atoms with E-state index in [1.807, 2.05) is 0 Å². The number of benzene rings is 4. The van der Waals surface area contributed by atoms with Crippen LogP contribution in [-0.2, 0) is 7.05 Å². The number of rotatable bonds is 4. The minimum Gasteiger partial charge on any atom is -0.455 e. The molecular weight excluding hydrogens is 486 g/mol. The predicted octanol–water partition coefficient (Wildman–Crippen LogP) is 10.6. The molecule has 0 aliphatic carbocycles. The molecule has 0 saturated carbocycles. The second-order valence-electron chi connectivity index (χ2n) is 12.9. The van der Waals surface area contributed by atoms with E-state index in [2.05, 4.69) is 129 Å². The first kappa shape index (κ1) is 26.6. The zero-order valence-corrected chi connectivity index (χ0v) is 25.8. The molecule has 40 heavy (non-hydrogen) atoms. The Morgan fingerprint density at radius 1 is 0.675 bits per heavy atom. The van der Waals surface area contributed by atoms with E-state index in [4.69, 9.17) is 4.74 Å². The van der Waals surface area contributed by atoms with Gasteiger partial charge in [-0.15, -0.1) is 0 Å². The maximum absolute atomic E-state index is 6.98. The third kappa shape index (κ3) is 3.95. The Bertz CT molecular complexity index is 1810. The van der Waals surface area contributed by atoms with Crippen LogP contribution in [0.2, 0.25) is 0 Å². The number of nitrogens with zero attached hydrogens (tertiary/aromatic N) is 1. The van der Waals surface area contributed by atoms with E-state index in [-0.39, 0.29) is 0 Å². The molecule has 0 atom stereocenters. The molecule has 0 fully saturated rings. The van der Waals surface area contributed by atoms with Gasteiger partial charge in [0.05, 0.1) is 10.9 Å². The number of aryl methyl sites for hydroxylation is 4. The molecule has 2 heterocycles. The van der Waals surface area contributed by atoms with Crippen LogP contribution in [-0.4, -0.2) is 0 Å². The highest BCUT2D eigenvalue weighted by molar-refractivity contribution is 6.07. The highest BCUT2D eigenvalue weighted by atomic mass is 16.5. The number of aromatic nitrogens is 1. The van der Waals surface area contributed by atoms with Gasteiger partial charge in [-0.25, -0.2) is 4.57 Å². The normalized spacial score (nSPS) is 12.6. The summed E-state index contributed by atoms with van der Waals surface area (Å²) in [6.07, 6.45) is 2.21. The third-order valence-electron chi connectivity index (χ3n) is 9.00. The van der Waals surface area contributed by atoms with E-state index >= 15 is 0 Å². The van der Waals surface area contributed by atoms with Gasteiger partial charge in [0.25, 0.3) is 0 Å². The minimum atomic E-state index is 0.420. The number of pyridine rings is 1. The first-order valence-corrected chi connectivity index (χ1v) is 14.8. The van der Waals surface area contributed by atoms with Gasteiger partial charge in [-0.2, -0.15) is 0 Å². The fraction of sp³-hybridized carbons (Fsp3) is 0.342. The summed E-state index contributed by atoms with van der Waals surface area (Å²) in [6.45, 7) is 20.5. The molecule has 2 nitrogen and oxygen atoms in total. The summed E-state index contributed by atoms with van der Waals surface area (Å²) in [5, 5.41) is 5.01. The first-order chi connectivity index (χ1) is 19.0. The van der Waals surface area contributed by atoms with Gasteiger partial charge < -0.3 is 4.74 Å². The van der Waals surface area contributed by atoms with Crippen LogP contribution in [0.3, 0.4) is 0 Å². The Morgan fingerprint density at radius 2 is 1.35 bits per heavy atom. The maximum atomic E-state index is 6.98. The quantitative estimate of drug-likeness (QED) is 0.207. The van der Waals surface area contributed by atoms with Crippen molar-refractivity contribution >= 4 is 21.5 Å². The molecule has 1 aliphatic rings. The van der Waals surface area contributed by atoms with Gasteiger partial charge >= 0.3 is 0 Å². The SMILES string of the molecule is Cc1ccc2c(C)c3c(c(C)c2c1)Oc1cc(-c2c(C(C)C)cc(C(C)C)cc2C(C)C)cc2cc[n+](C)c-3c12. The van der Waals surface area contributed by atoms with Gasteiger partial charge in [-0.1, -0.05) is 77.4 Å². The van der Waals surface area contributed by atoms with E-state index in [0.717, 1.165) is 11.5 Å².